The molecule has 0 unspecified atom stereocenters. The van der Waals surface area contributed by atoms with E-state index in [2.05, 4.69) is 15.4 Å². The van der Waals surface area contributed by atoms with E-state index in [4.69, 9.17) is 0 Å². The fraction of sp³-hybridized carbons (Fsp3) is 0. The summed E-state index contributed by atoms with van der Waals surface area (Å²) in [7, 11) is 0. The number of carbonyl (C=O) groups is 1. The Kier molecular flexibility index (Phi) is 4.30. The van der Waals surface area contributed by atoms with Crippen molar-refractivity contribution in [3.8, 4) is 17.1 Å². The van der Waals surface area contributed by atoms with Gasteiger partial charge in [0.25, 0.3) is 5.91 Å². The van der Waals surface area contributed by atoms with Crippen molar-refractivity contribution in [3.05, 3.63) is 102 Å². The number of nitrogens with zero attached hydrogens (tertiary/aromatic N) is 3. The minimum atomic E-state index is -0.305. The Bertz CT molecular complexity index is 1510. The normalized spacial score (nSPS) is 16.3. The molecule has 6 rings (SSSR count). The van der Waals surface area contributed by atoms with E-state index in [1.54, 1.807) is 6.21 Å². The molecule has 3 heterocycles. The van der Waals surface area contributed by atoms with Crippen LogP contribution in [0.15, 0.2) is 95.0 Å². The SMILES string of the molecule is O=C1Nc2ccccc2/C1=N\n1c(-c2ccccc2)cc(/C=C2\C=Nc3ccccc32)c1O. The molecule has 2 aliphatic rings. The van der Waals surface area contributed by atoms with Crippen LogP contribution in [0.5, 0.6) is 5.88 Å². The standard InChI is InChI=1S/C27H18N4O2/c32-26-25(21-11-5-7-13-23(21)29-26)30-31-24(17-8-2-1-3-9-17)15-18(27(31)33)14-19-16-28-22-12-6-4-10-20(19)22/h1-16,33H,(H,29,30,32)/b19-14+. The van der Waals surface area contributed by atoms with Crippen LogP contribution >= 0.6 is 0 Å². The first-order chi connectivity index (χ1) is 16.2. The third-order valence-electron chi connectivity index (χ3n) is 5.76. The zero-order valence-electron chi connectivity index (χ0n) is 17.4. The lowest BCUT2D eigenvalue weighted by atomic mass is 10.0. The molecule has 0 saturated carbocycles. The summed E-state index contributed by atoms with van der Waals surface area (Å²) in [6.07, 6.45) is 3.67. The van der Waals surface area contributed by atoms with Crippen LogP contribution in [0.4, 0.5) is 11.4 Å². The summed E-state index contributed by atoms with van der Waals surface area (Å²) in [4.78, 5) is 17.1. The van der Waals surface area contributed by atoms with Crippen LogP contribution < -0.4 is 5.32 Å². The number of hydrogen-bond acceptors (Lipinski definition) is 4. The number of amides is 1. The molecular weight excluding hydrogens is 412 g/mol. The number of benzene rings is 3. The van der Waals surface area contributed by atoms with Crippen LogP contribution in [0, 0.1) is 0 Å². The highest BCUT2D eigenvalue weighted by Gasteiger charge is 2.27. The maximum absolute atomic E-state index is 12.7. The second-order valence-electron chi connectivity index (χ2n) is 7.81. The van der Waals surface area contributed by atoms with Crippen molar-refractivity contribution >= 4 is 40.9 Å². The van der Waals surface area contributed by atoms with Gasteiger partial charge in [0.05, 0.1) is 17.1 Å². The maximum atomic E-state index is 12.7. The third kappa shape index (κ3) is 3.16. The average molecular weight is 430 g/mol. The van der Waals surface area contributed by atoms with Gasteiger partial charge in [-0.25, -0.2) is 0 Å². The van der Waals surface area contributed by atoms with Crippen molar-refractivity contribution in [1.29, 1.82) is 0 Å². The van der Waals surface area contributed by atoms with Gasteiger partial charge in [-0.15, -0.1) is 0 Å². The first kappa shape index (κ1) is 19.0. The Balaban J connectivity index is 1.53. The van der Waals surface area contributed by atoms with Crippen LogP contribution in [-0.2, 0) is 4.79 Å². The molecule has 6 nitrogen and oxygen atoms in total. The van der Waals surface area contributed by atoms with E-state index in [0.29, 0.717) is 22.5 Å². The lowest BCUT2D eigenvalue weighted by Crippen LogP contribution is -2.16. The van der Waals surface area contributed by atoms with E-state index in [1.165, 1.54) is 4.68 Å². The maximum Gasteiger partial charge on any atom is 0.276 e. The molecule has 1 aromatic heterocycles. The highest BCUT2D eigenvalue weighted by molar-refractivity contribution is 6.53. The predicted octanol–water partition coefficient (Wildman–Crippen LogP) is 5.32. The number of para-hydroxylation sites is 2. The molecule has 0 aliphatic carbocycles. The van der Waals surface area contributed by atoms with E-state index in [9.17, 15) is 9.90 Å². The number of rotatable bonds is 3. The van der Waals surface area contributed by atoms with Gasteiger partial charge in [-0.05, 0) is 24.3 Å². The Morgan fingerprint density at radius 3 is 2.48 bits per heavy atom. The van der Waals surface area contributed by atoms with E-state index in [1.807, 2.05) is 91.0 Å². The predicted molar refractivity (Wildman–Crippen MR) is 131 cm³/mol. The van der Waals surface area contributed by atoms with E-state index in [-0.39, 0.29) is 17.5 Å². The Morgan fingerprint density at radius 1 is 0.909 bits per heavy atom. The van der Waals surface area contributed by atoms with Gasteiger partial charge >= 0.3 is 0 Å². The molecule has 0 fully saturated rings. The molecular formula is C27H18N4O2. The first-order valence-corrected chi connectivity index (χ1v) is 10.5. The number of anilines is 1. The van der Waals surface area contributed by atoms with Crippen molar-refractivity contribution in [2.75, 3.05) is 5.32 Å². The summed E-state index contributed by atoms with van der Waals surface area (Å²) in [6, 6.07) is 26.8. The van der Waals surface area contributed by atoms with Gasteiger partial charge in [0.1, 0.15) is 0 Å². The van der Waals surface area contributed by atoms with Gasteiger partial charge in [-0.2, -0.15) is 9.78 Å². The topological polar surface area (TPSA) is 79.0 Å². The number of hydrogen-bond donors (Lipinski definition) is 2. The minimum absolute atomic E-state index is 0.0520. The van der Waals surface area contributed by atoms with Crippen LogP contribution in [0.25, 0.3) is 22.9 Å². The van der Waals surface area contributed by atoms with Gasteiger partial charge < -0.3 is 10.4 Å². The average Bonchev–Trinajstić information content (AvgIpc) is 3.50. The molecule has 33 heavy (non-hydrogen) atoms. The molecule has 4 aromatic rings. The summed E-state index contributed by atoms with van der Waals surface area (Å²) >= 11 is 0. The van der Waals surface area contributed by atoms with Crippen LogP contribution in [-0.4, -0.2) is 27.6 Å². The van der Waals surface area contributed by atoms with Gasteiger partial charge in [-0.3, -0.25) is 9.79 Å². The van der Waals surface area contributed by atoms with Crippen molar-refractivity contribution < 1.29 is 9.90 Å². The molecule has 2 aliphatic heterocycles. The van der Waals surface area contributed by atoms with Crippen LogP contribution in [0.2, 0.25) is 0 Å². The van der Waals surface area contributed by atoms with Gasteiger partial charge in [-0.1, -0.05) is 66.7 Å². The van der Waals surface area contributed by atoms with Crippen molar-refractivity contribution in [3.63, 3.8) is 0 Å². The van der Waals surface area contributed by atoms with Crippen molar-refractivity contribution in [2.45, 2.75) is 0 Å². The number of fused-ring (bicyclic) bond motifs is 2. The monoisotopic (exact) mass is 430 g/mol. The molecule has 0 atom stereocenters. The molecule has 0 radical (unpaired) electrons. The number of nitrogens with one attached hydrogen (secondary N) is 1. The quantitative estimate of drug-likeness (QED) is 0.461. The molecule has 158 valence electrons. The van der Waals surface area contributed by atoms with E-state index < -0.39 is 0 Å². The second kappa shape index (κ2) is 7.46. The molecule has 2 N–H and O–H groups in total. The zero-order valence-corrected chi connectivity index (χ0v) is 17.4. The first-order valence-electron chi connectivity index (χ1n) is 10.5. The fourth-order valence-corrected chi connectivity index (χ4v) is 4.15. The lowest BCUT2D eigenvalue weighted by Gasteiger charge is -2.06. The number of aromatic hydroxyl groups is 1. The van der Waals surface area contributed by atoms with Crippen LogP contribution in [0.1, 0.15) is 16.7 Å². The zero-order chi connectivity index (χ0) is 22.4. The molecule has 0 saturated heterocycles. The largest absolute Gasteiger partial charge is 0.493 e. The van der Waals surface area contributed by atoms with Crippen LogP contribution in [0.3, 0.4) is 0 Å². The number of aliphatic imine (C=N–C) groups is 1. The van der Waals surface area contributed by atoms with Gasteiger partial charge in [0.15, 0.2) is 5.71 Å². The number of aromatic nitrogens is 1. The summed E-state index contributed by atoms with van der Waals surface area (Å²) in [6.45, 7) is 0. The number of carbonyl (C=O) groups excluding carboxylic acids is 1. The van der Waals surface area contributed by atoms with Gasteiger partial charge in [0, 0.05) is 34.0 Å². The van der Waals surface area contributed by atoms with E-state index in [0.717, 1.165) is 22.4 Å². The fourth-order valence-electron chi connectivity index (χ4n) is 4.15. The summed E-state index contributed by atoms with van der Waals surface area (Å²) in [5, 5.41) is 18.6. The molecule has 1 amide bonds. The molecule has 0 spiro atoms. The second-order valence-corrected chi connectivity index (χ2v) is 7.81. The Labute approximate surface area is 189 Å². The third-order valence-corrected chi connectivity index (χ3v) is 5.76. The number of allylic oxidation sites excluding steroid dienone is 1. The molecule has 6 heteroatoms. The minimum Gasteiger partial charge on any atom is -0.493 e. The summed E-state index contributed by atoms with van der Waals surface area (Å²) < 4.78 is 1.43. The van der Waals surface area contributed by atoms with Gasteiger partial charge in [0.2, 0.25) is 5.88 Å². The summed E-state index contributed by atoms with van der Waals surface area (Å²) in [5.41, 5.74) is 6.58. The van der Waals surface area contributed by atoms with Crippen molar-refractivity contribution in [2.24, 2.45) is 10.1 Å². The Hall–Kier alpha value is -4.71. The smallest absolute Gasteiger partial charge is 0.276 e. The molecule has 0 bridgehead atoms. The van der Waals surface area contributed by atoms with E-state index >= 15 is 0 Å². The highest BCUT2D eigenvalue weighted by Crippen LogP contribution is 2.37. The lowest BCUT2D eigenvalue weighted by molar-refractivity contribution is -0.110. The highest BCUT2D eigenvalue weighted by atomic mass is 16.3. The van der Waals surface area contributed by atoms with Crippen molar-refractivity contribution in [1.82, 2.24) is 4.68 Å². The summed E-state index contributed by atoms with van der Waals surface area (Å²) in [5.74, 6) is -0.358. The molecule has 3 aromatic carbocycles. The Morgan fingerprint density at radius 2 is 1.64 bits per heavy atom.